The molecule has 3 nitrogen and oxygen atoms in total. The minimum atomic E-state index is -0.192. The van der Waals surface area contributed by atoms with E-state index in [0.717, 1.165) is 36.0 Å². The van der Waals surface area contributed by atoms with Gasteiger partial charge in [-0.1, -0.05) is 28.8 Å². The lowest BCUT2D eigenvalue weighted by molar-refractivity contribution is 0.0287. The summed E-state index contributed by atoms with van der Waals surface area (Å²) in [4.78, 5) is 2.25. The molecule has 4 heteroatoms. The van der Waals surface area contributed by atoms with E-state index >= 15 is 0 Å². The summed E-state index contributed by atoms with van der Waals surface area (Å²) < 4.78 is 6.36. The lowest BCUT2D eigenvalue weighted by atomic mass is 9.91. The number of ether oxygens (including phenoxy) is 1. The van der Waals surface area contributed by atoms with Crippen LogP contribution in [0.15, 0.2) is 22.7 Å². The maximum atomic E-state index is 10.1. The highest BCUT2D eigenvalue weighted by molar-refractivity contribution is 9.10. The quantitative estimate of drug-likeness (QED) is 0.921. The predicted octanol–water partition coefficient (Wildman–Crippen LogP) is 3.19. The van der Waals surface area contributed by atoms with Crippen molar-refractivity contribution >= 4 is 15.9 Å². The summed E-state index contributed by atoms with van der Waals surface area (Å²) in [6.07, 6.45) is 4.18. The van der Waals surface area contributed by atoms with Gasteiger partial charge in [0.25, 0.3) is 0 Å². The fourth-order valence-electron chi connectivity index (χ4n) is 2.79. The van der Waals surface area contributed by atoms with Gasteiger partial charge in [0.2, 0.25) is 0 Å². The maximum absolute atomic E-state index is 10.1. The van der Waals surface area contributed by atoms with Crippen LogP contribution in [0.1, 0.15) is 31.2 Å². The number of rotatable bonds is 4. The molecule has 1 saturated carbocycles. The first-order valence-electron chi connectivity index (χ1n) is 6.82. The van der Waals surface area contributed by atoms with Crippen molar-refractivity contribution in [1.82, 2.24) is 4.90 Å². The fraction of sp³-hybridized carbons (Fsp3) is 0.600. The number of aliphatic hydroxyl groups excluding tert-OH is 1. The Bertz CT molecular complexity index is 425. The van der Waals surface area contributed by atoms with Gasteiger partial charge in [0.15, 0.2) is 0 Å². The van der Waals surface area contributed by atoms with E-state index in [-0.39, 0.29) is 12.1 Å². The van der Waals surface area contributed by atoms with Crippen LogP contribution in [0, 0.1) is 0 Å². The molecule has 0 bridgehead atoms. The summed E-state index contributed by atoms with van der Waals surface area (Å²) in [5.41, 5.74) is 1.19. The standard InChI is InChI=1S/C15H22BrNO2/c1-17(14-5-3-4-6-15(14)18)10-11-9-12(19-2)7-8-13(11)16/h7-9,14-15,18H,3-6,10H2,1-2H3. The highest BCUT2D eigenvalue weighted by Gasteiger charge is 2.26. The fourth-order valence-corrected chi connectivity index (χ4v) is 3.16. The molecule has 0 spiro atoms. The summed E-state index contributed by atoms with van der Waals surface area (Å²) in [5.74, 6) is 0.871. The predicted molar refractivity (Wildman–Crippen MR) is 80.4 cm³/mol. The SMILES string of the molecule is COc1ccc(Br)c(CN(C)C2CCCCC2O)c1. The minimum absolute atomic E-state index is 0.192. The Morgan fingerprint density at radius 1 is 1.37 bits per heavy atom. The molecule has 1 aromatic carbocycles. The first-order chi connectivity index (χ1) is 9.11. The Hall–Kier alpha value is -0.580. The summed E-state index contributed by atoms with van der Waals surface area (Å²) in [7, 11) is 3.77. The van der Waals surface area contributed by atoms with E-state index in [0.29, 0.717) is 0 Å². The van der Waals surface area contributed by atoms with Gasteiger partial charge in [-0.2, -0.15) is 0 Å². The number of likely N-dealkylation sites (N-methyl/N-ethyl adjacent to an activating group) is 1. The molecule has 0 radical (unpaired) electrons. The Kier molecular flexibility index (Phi) is 5.25. The molecule has 1 aromatic rings. The van der Waals surface area contributed by atoms with Crippen LogP contribution in [0.2, 0.25) is 0 Å². The number of nitrogens with zero attached hydrogens (tertiary/aromatic N) is 1. The van der Waals surface area contributed by atoms with Gasteiger partial charge in [0.05, 0.1) is 13.2 Å². The molecule has 0 heterocycles. The topological polar surface area (TPSA) is 32.7 Å². The lowest BCUT2D eigenvalue weighted by Gasteiger charge is -2.35. The molecule has 1 aliphatic rings. The summed E-state index contributed by atoms with van der Waals surface area (Å²) in [6, 6.07) is 6.28. The van der Waals surface area contributed by atoms with E-state index in [9.17, 15) is 5.11 Å². The van der Waals surface area contributed by atoms with Gasteiger partial charge in [0, 0.05) is 17.1 Å². The van der Waals surface area contributed by atoms with Crippen molar-refractivity contribution in [3.05, 3.63) is 28.2 Å². The molecule has 1 fully saturated rings. The Balaban J connectivity index is 2.07. The summed E-state index contributed by atoms with van der Waals surface area (Å²) in [5, 5.41) is 10.1. The zero-order valence-corrected chi connectivity index (χ0v) is 13.2. The third kappa shape index (κ3) is 3.71. The molecular weight excluding hydrogens is 306 g/mol. The van der Waals surface area contributed by atoms with Crippen LogP contribution >= 0.6 is 15.9 Å². The van der Waals surface area contributed by atoms with Crippen LogP contribution in [0.4, 0.5) is 0 Å². The van der Waals surface area contributed by atoms with Gasteiger partial charge in [-0.15, -0.1) is 0 Å². The average molecular weight is 328 g/mol. The van der Waals surface area contributed by atoms with Crippen molar-refractivity contribution in [1.29, 1.82) is 0 Å². The van der Waals surface area contributed by atoms with Gasteiger partial charge in [-0.25, -0.2) is 0 Å². The Morgan fingerprint density at radius 2 is 2.11 bits per heavy atom. The van der Waals surface area contributed by atoms with Gasteiger partial charge < -0.3 is 9.84 Å². The first-order valence-corrected chi connectivity index (χ1v) is 7.62. The smallest absolute Gasteiger partial charge is 0.119 e. The van der Waals surface area contributed by atoms with Crippen molar-refractivity contribution < 1.29 is 9.84 Å². The number of benzene rings is 1. The number of methoxy groups -OCH3 is 1. The molecular formula is C15H22BrNO2. The van der Waals surface area contributed by atoms with Crippen LogP contribution < -0.4 is 4.74 Å². The van der Waals surface area contributed by atoms with E-state index in [2.05, 4.69) is 33.9 Å². The molecule has 0 saturated heterocycles. The zero-order valence-electron chi connectivity index (χ0n) is 11.6. The summed E-state index contributed by atoms with van der Waals surface area (Å²) in [6.45, 7) is 0.819. The molecule has 0 amide bonds. The highest BCUT2D eigenvalue weighted by Crippen LogP contribution is 2.27. The van der Waals surface area contributed by atoms with E-state index in [4.69, 9.17) is 4.74 Å². The first kappa shape index (κ1) is 14.8. The van der Waals surface area contributed by atoms with Crippen LogP contribution in [0.25, 0.3) is 0 Å². The molecule has 0 aromatic heterocycles. The number of halogens is 1. The van der Waals surface area contributed by atoms with Gasteiger partial charge in [0.1, 0.15) is 5.75 Å². The Labute approximate surface area is 123 Å². The van der Waals surface area contributed by atoms with Crippen molar-refractivity contribution in [3.8, 4) is 5.75 Å². The molecule has 1 N–H and O–H groups in total. The maximum Gasteiger partial charge on any atom is 0.119 e. The van der Waals surface area contributed by atoms with Crippen LogP contribution in [-0.2, 0) is 6.54 Å². The lowest BCUT2D eigenvalue weighted by Crippen LogP contribution is -2.42. The third-order valence-electron chi connectivity index (χ3n) is 3.93. The minimum Gasteiger partial charge on any atom is -0.497 e. The molecule has 106 valence electrons. The van der Waals surface area contributed by atoms with Crippen molar-refractivity contribution in [2.75, 3.05) is 14.2 Å². The third-order valence-corrected chi connectivity index (χ3v) is 4.71. The Morgan fingerprint density at radius 3 is 2.79 bits per heavy atom. The monoisotopic (exact) mass is 327 g/mol. The van der Waals surface area contributed by atoms with Gasteiger partial charge >= 0.3 is 0 Å². The van der Waals surface area contributed by atoms with Crippen LogP contribution in [0.3, 0.4) is 0 Å². The van der Waals surface area contributed by atoms with E-state index in [1.165, 1.54) is 12.0 Å². The molecule has 1 aliphatic carbocycles. The normalized spacial score (nSPS) is 23.6. The van der Waals surface area contributed by atoms with E-state index < -0.39 is 0 Å². The second-order valence-corrected chi connectivity index (χ2v) is 6.15. The number of hydrogen-bond acceptors (Lipinski definition) is 3. The second kappa shape index (κ2) is 6.73. The molecule has 2 atom stereocenters. The molecule has 2 rings (SSSR count). The van der Waals surface area contributed by atoms with Crippen LogP contribution in [0.5, 0.6) is 5.75 Å². The van der Waals surface area contributed by atoms with E-state index in [1.54, 1.807) is 7.11 Å². The van der Waals surface area contributed by atoms with Gasteiger partial charge in [-0.05, 0) is 43.7 Å². The highest BCUT2D eigenvalue weighted by atomic mass is 79.9. The zero-order chi connectivity index (χ0) is 13.8. The van der Waals surface area contributed by atoms with Crippen molar-refractivity contribution in [2.24, 2.45) is 0 Å². The van der Waals surface area contributed by atoms with Crippen LogP contribution in [-0.4, -0.2) is 36.3 Å². The number of aliphatic hydroxyl groups is 1. The second-order valence-electron chi connectivity index (χ2n) is 5.29. The van der Waals surface area contributed by atoms with Crippen molar-refractivity contribution in [3.63, 3.8) is 0 Å². The number of hydrogen-bond donors (Lipinski definition) is 1. The van der Waals surface area contributed by atoms with Gasteiger partial charge in [-0.3, -0.25) is 4.90 Å². The average Bonchev–Trinajstić information content (AvgIpc) is 2.41. The molecule has 0 aliphatic heterocycles. The van der Waals surface area contributed by atoms with Crippen molar-refractivity contribution in [2.45, 2.75) is 44.4 Å². The molecule has 19 heavy (non-hydrogen) atoms. The van der Waals surface area contributed by atoms with E-state index in [1.807, 2.05) is 12.1 Å². The summed E-state index contributed by atoms with van der Waals surface area (Å²) >= 11 is 3.58. The largest absolute Gasteiger partial charge is 0.497 e. The molecule has 2 unspecified atom stereocenters.